The third-order valence-electron chi connectivity index (χ3n) is 4.60. The molecule has 0 saturated heterocycles. The number of rotatable bonds is 7. The topological polar surface area (TPSA) is 65.5 Å². The molecular weight excluding hydrogens is 391 g/mol. The van der Waals surface area contributed by atoms with Crippen molar-refractivity contribution in [3.63, 3.8) is 0 Å². The van der Waals surface area contributed by atoms with Crippen molar-refractivity contribution < 1.29 is 9.18 Å². The van der Waals surface area contributed by atoms with E-state index in [1.165, 1.54) is 12.1 Å². The molecule has 0 radical (unpaired) electrons. The molecule has 5 nitrogen and oxygen atoms in total. The number of nitrogens with zero attached hydrogens (tertiary/aromatic N) is 1. The molecule has 0 spiro atoms. The van der Waals surface area contributed by atoms with E-state index in [4.69, 9.17) is 11.6 Å². The molecular formula is C22H28ClFN4O. The molecule has 0 aliphatic heterocycles. The van der Waals surface area contributed by atoms with Gasteiger partial charge in [-0.15, -0.1) is 0 Å². The van der Waals surface area contributed by atoms with Gasteiger partial charge in [-0.1, -0.05) is 43.6 Å². The Hall–Kier alpha value is -2.60. The van der Waals surface area contributed by atoms with Crippen LogP contribution in [0.25, 0.3) is 0 Å². The van der Waals surface area contributed by atoms with Crippen molar-refractivity contribution in [1.29, 1.82) is 0 Å². The fraction of sp³-hybridized carbons (Fsp3) is 0.364. The van der Waals surface area contributed by atoms with Crippen molar-refractivity contribution >= 4 is 23.5 Å². The Labute approximate surface area is 176 Å². The molecule has 2 aromatic carbocycles. The highest BCUT2D eigenvalue weighted by Crippen LogP contribution is 2.29. The Morgan fingerprint density at radius 3 is 2.38 bits per heavy atom. The smallest absolute Gasteiger partial charge is 0.251 e. The fourth-order valence-electron chi connectivity index (χ4n) is 2.88. The number of guanidine groups is 1. The summed E-state index contributed by atoms with van der Waals surface area (Å²) in [5.41, 5.74) is 2.21. The zero-order chi connectivity index (χ0) is 21.4. The van der Waals surface area contributed by atoms with E-state index in [9.17, 15) is 9.18 Å². The standard InChI is InChI=1S/C22H28ClFN4O/c1-5-26-20(29)16-8-6-15(7-9-16)13-27-21(25-4)28-14-22(2,3)18-11-10-17(24)12-19(18)23/h6-12H,5,13-14H2,1-4H3,(H,26,29)(H2,25,27,28). The van der Waals surface area contributed by atoms with Gasteiger partial charge in [0.15, 0.2) is 5.96 Å². The molecule has 0 unspecified atom stereocenters. The number of amides is 1. The van der Waals surface area contributed by atoms with Gasteiger partial charge in [-0.25, -0.2) is 4.39 Å². The fourth-order valence-corrected chi connectivity index (χ4v) is 3.30. The maximum atomic E-state index is 13.3. The Morgan fingerprint density at radius 2 is 1.79 bits per heavy atom. The second-order valence-corrected chi connectivity index (χ2v) is 7.75. The van der Waals surface area contributed by atoms with Crippen molar-refractivity contribution in [2.45, 2.75) is 32.7 Å². The van der Waals surface area contributed by atoms with E-state index in [0.29, 0.717) is 36.2 Å². The SMILES string of the molecule is CCNC(=O)c1ccc(CNC(=NC)NCC(C)(C)c2ccc(F)cc2Cl)cc1. The normalized spacial score (nSPS) is 11.9. The predicted molar refractivity (Wildman–Crippen MR) is 117 cm³/mol. The van der Waals surface area contributed by atoms with Gasteiger partial charge in [-0.05, 0) is 42.3 Å². The second-order valence-electron chi connectivity index (χ2n) is 7.34. The van der Waals surface area contributed by atoms with Crippen molar-refractivity contribution in [3.8, 4) is 0 Å². The third kappa shape index (κ3) is 6.46. The molecule has 2 aromatic rings. The van der Waals surface area contributed by atoms with Crippen LogP contribution in [0.4, 0.5) is 4.39 Å². The summed E-state index contributed by atoms with van der Waals surface area (Å²) in [6.45, 7) is 7.68. The lowest BCUT2D eigenvalue weighted by molar-refractivity contribution is 0.0956. The van der Waals surface area contributed by atoms with Crippen LogP contribution in [0.3, 0.4) is 0 Å². The number of carbonyl (C=O) groups excluding carboxylic acids is 1. The van der Waals surface area contributed by atoms with E-state index < -0.39 is 0 Å². The monoisotopic (exact) mass is 418 g/mol. The molecule has 29 heavy (non-hydrogen) atoms. The summed E-state index contributed by atoms with van der Waals surface area (Å²) in [4.78, 5) is 16.1. The van der Waals surface area contributed by atoms with E-state index in [-0.39, 0.29) is 17.1 Å². The van der Waals surface area contributed by atoms with Crippen LogP contribution < -0.4 is 16.0 Å². The minimum Gasteiger partial charge on any atom is -0.356 e. The molecule has 0 atom stereocenters. The van der Waals surface area contributed by atoms with Crippen molar-refractivity contribution in [2.75, 3.05) is 20.1 Å². The van der Waals surface area contributed by atoms with Gasteiger partial charge in [0.05, 0.1) is 0 Å². The van der Waals surface area contributed by atoms with Gasteiger partial charge >= 0.3 is 0 Å². The summed E-state index contributed by atoms with van der Waals surface area (Å²) >= 11 is 6.22. The number of aliphatic imine (C=N–C) groups is 1. The van der Waals surface area contributed by atoms with Gasteiger partial charge in [-0.3, -0.25) is 9.79 Å². The zero-order valence-electron chi connectivity index (χ0n) is 17.3. The highest BCUT2D eigenvalue weighted by atomic mass is 35.5. The maximum Gasteiger partial charge on any atom is 0.251 e. The lowest BCUT2D eigenvalue weighted by atomic mass is 9.84. The molecule has 7 heteroatoms. The molecule has 156 valence electrons. The maximum absolute atomic E-state index is 13.3. The summed E-state index contributed by atoms with van der Waals surface area (Å²) in [6.07, 6.45) is 0. The summed E-state index contributed by atoms with van der Waals surface area (Å²) in [7, 11) is 1.70. The number of benzene rings is 2. The Morgan fingerprint density at radius 1 is 1.10 bits per heavy atom. The largest absolute Gasteiger partial charge is 0.356 e. The third-order valence-corrected chi connectivity index (χ3v) is 4.91. The van der Waals surface area contributed by atoms with Crippen LogP contribution in [0.2, 0.25) is 5.02 Å². The number of hydrogen-bond donors (Lipinski definition) is 3. The Balaban J connectivity index is 1.93. The molecule has 0 saturated carbocycles. The molecule has 3 N–H and O–H groups in total. The van der Waals surface area contributed by atoms with E-state index in [1.54, 1.807) is 25.2 Å². The Bertz CT molecular complexity index is 866. The number of halogens is 2. The minimum atomic E-state index is -0.349. The summed E-state index contributed by atoms with van der Waals surface area (Å²) in [5, 5.41) is 9.73. The van der Waals surface area contributed by atoms with Crippen LogP contribution >= 0.6 is 11.6 Å². The van der Waals surface area contributed by atoms with Crippen LogP contribution in [0.5, 0.6) is 0 Å². The van der Waals surface area contributed by atoms with Crippen LogP contribution in [-0.4, -0.2) is 32.0 Å². The first-order valence-corrected chi connectivity index (χ1v) is 9.92. The van der Waals surface area contributed by atoms with Crippen LogP contribution in [0.1, 0.15) is 42.3 Å². The highest BCUT2D eigenvalue weighted by Gasteiger charge is 2.24. The Kier molecular flexibility index (Phi) is 8.02. The zero-order valence-corrected chi connectivity index (χ0v) is 18.0. The number of carbonyl (C=O) groups is 1. The number of nitrogens with one attached hydrogen (secondary N) is 3. The quantitative estimate of drug-likeness (QED) is 0.472. The van der Waals surface area contributed by atoms with Crippen molar-refractivity contribution in [3.05, 3.63) is 70.0 Å². The molecule has 0 bridgehead atoms. The van der Waals surface area contributed by atoms with Gasteiger partial charge in [0.1, 0.15) is 5.82 Å². The lowest BCUT2D eigenvalue weighted by Gasteiger charge is -2.27. The first-order chi connectivity index (χ1) is 13.8. The second kappa shape index (κ2) is 10.3. The molecule has 0 fully saturated rings. The first kappa shape index (κ1) is 22.7. The van der Waals surface area contributed by atoms with Gasteiger partial charge in [0.25, 0.3) is 5.91 Å². The molecule has 0 aliphatic rings. The van der Waals surface area contributed by atoms with E-state index >= 15 is 0 Å². The van der Waals surface area contributed by atoms with Gasteiger partial charge in [-0.2, -0.15) is 0 Å². The van der Waals surface area contributed by atoms with Crippen LogP contribution in [0.15, 0.2) is 47.5 Å². The molecule has 0 aliphatic carbocycles. The van der Waals surface area contributed by atoms with E-state index in [1.807, 2.05) is 32.9 Å². The van der Waals surface area contributed by atoms with Gasteiger partial charge < -0.3 is 16.0 Å². The molecule has 2 rings (SSSR count). The predicted octanol–water partition coefficient (Wildman–Crippen LogP) is 3.87. The van der Waals surface area contributed by atoms with Gasteiger partial charge in [0.2, 0.25) is 0 Å². The summed E-state index contributed by atoms with van der Waals surface area (Å²) < 4.78 is 13.3. The van der Waals surface area contributed by atoms with Crippen molar-refractivity contribution in [1.82, 2.24) is 16.0 Å². The molecule has 1 amide bonds. The van der Waals surface area contributed by atoms with Crippen LogP contribution in [-0.2, 0) is 12.0 Å². The lowest BCUT2D eigenvalue weighted by Crippen LogP contribution is -2.43. The number of hydrogen-bond acceptors (Lipinski definition) is 2. The van der Waals surface area contributed by atoms with E-state index in [2.05, 4.69) is 20.9 Å². The first-order valence-electron chi connectivity index (χ1n) is 9.54. The average molecular weight is 419 g/mol. The summed E-state index contributed by atoms with van der Waals surface area (Å²) in [6, 6.07) is 11.9. The van der Waals surface area contributed by atoms with E-state index in [0.717, 1.165) is 11.1 Å². The summed E-state index contributed by atoms with van der Waals surface area (Å²) in [5.74, 6) is 0.216. The average Bonchev–Trinajstić information content (AvgIpc) is 2.68. The highest BCUT2D eigenvalue weighted by molar-refractivity contribution is 6.31. The van der Waals surface area contributed by atoms with Gasteiger partial charge in [0, 0.05) is 42.7 Å². The molecule has 0 aromatic heterocycles. The van der Waals surface area contributed by atoms with Crippen molar-refractivity contribution in [2.24, 2.45) is 4.99 Å². The van der Waals surface area contributed by atoms with Crippen LogP contribution in [0, 0.1) is 5.82 Å². The minimum absolute atomic E-state index is 0.0776. The molecule has 0 heterocycles.